The predicted molar refractivity (Wildman–Crippen MR) is 105 cm³/mol. The molecular formula is C22H22N2O4. The topological polar surface area (TPSA) is 79.6 Å². The number of carbonyl (C=O) groups excluding carboxylic acids is 2. The quantitative estimate of drug-likeness (QED) is 0.420. The third-order valence-corrected chi connectivity index (χ3v) is 4.08. The monoisotopic (exact) mass is 378 g/mol. The second kappa shape index (κ2) is 9.93. The van der Waals surface area contributed by atoms with Gasteiger partial charge in [0.15, 0.2) is 6.61 Å². The molecule has 144 valence electrons. The van der Waals surface area contributed by atoms with Crippen molar-refractivity contribution in [2.45, 2.75) is 13.5 Å². The Morgan fingerprint density at radius 1 is 1.14 bits per heavy atom. The molecule has 0 heterocycles. The molecule has 0 aliphatic heterocycles. The van der Waals surface area contributed by atoms with Crippen molar-refractivity contribution in [2.75, 3.05) is 20.8 Å². The molecule has 0 spiro atoms. The zero-order chi connectivity index (χ0) is 20.5. The molecule has 0 N–H and O–H groups in total. The van der Waals surface area contributed by atoms with Crippen LogP contribution in [0.3, 0.4) is 0 Å². The number of rotatable bonds is 7. The lowest BCUT2D eigenvalue weighted by Gasteiger charge is -2.18. The Morgan fingerprint density at radius 3 is 2.46 bits per heavy atom. The Bertz CT molecular complexity index is 911. The van der Waals surface area contributed by atoms with Crippen LogP contribution in [0.25, 0.3) is 6.08 Å². The molecule has 1 amide bonds. The second-order valence-electron chi connectivity index (χ2n) is 6.22. The Balaban J connectivity index is 1.95. The molecule has 0 saturated heterocycles. The summed E-state index contributed by atoms with van der Waals surface area (Å²) in [5.41, 5.74) is 2.45. The Labute approximate surface area is 164 Å². The molecule has 2 aromatic carbocycles. The van der Waals surface area contributed by atoms with Crippen LogP contribution in [0.2, 0.25) is 0 Å². The molecular weight excluding hydrogens is 356 g/mol. The number of hydrogen-bond acceptors (Lipinski definition) is 5. The highest BCUT2D eigenvalue weighted by atomic mass is 16.5. The first-order valence-corrected chi connectivity index (χ1v) is 8.66. The van der Waals surface area contributed by atoms with Crippen molar-refractivity contribution in [3.05, 3.63) is 70.8 Å². The van der Waals surface area contributed by atoms with E-state index in [9.17, 15) is 14.9 Å². The van der Waals surface area contributed by atoms with Gasteiger partial charge in [-0.1, -0.05) is 48.0 Å². The van der Waals surface area contributed by atoms with Crippen LogP contribution in [-0.4, -0.2) is 37.5 Å². The van der Waals surface area contributed by atoms with Crippen molar-refractivity contribution in [3.63, 3.8) is 0 Å². The van der Waals surface area contributed by atoms with E-state index in [4.69, 9.17) is 9.47 Å². The Morgan fingerprint density at radius 2 is 1.82 bits per heavy atom. The van der Waals surface area contributed by atoms with E-state index in [1.54, 1.807) is 26.3 Å². The minimum atomic E-state index is -0.831. The van der Waals surface area contributed by atoms with Crippen LogP contribution in [0.1, 0.15) is 16.7 Å². The van der Waals surface area contributed by atoms with Gasteiger partial charge in [0.1, 0.15) is 17.4 Å². The summed E-state index contributed by atoms with van der Waals surface area (Å²) in [5.74, 6) is -0.541. The maximum Gasteiger partial charge on any atom is 0.349 e. The van der Waals surface area contributed by atoms with Gasteiger partial charge in [-0.2, -0.15) is 5.26 Å². The van der Waals surface area contributed by atoms with Gasteiger partial charge in [-0.05, 0) is 24.6 Å². The number of carbonyl (C=O) groups is 2. The van der Waals surface area contributed by atoms with E-state index >= 15 is 0 Å². The first kappa shape index (κ1) is 20.7. The van der Waals surface area contributed by atoms with E-state index < -0.39 is 12.6 Å². The Kier molecular flexibility index (Phi) is 7.35. The van der Waals surface area contributed by atoms with E-state index in [-0.39, 0.29) is 11.5 Å². The van der Waals surface area contributed by atoms with Crippen molar-refractivity contribution in [3.8, 4) is 11.8 Å². The highest BCUT2D eigenvalue weighted by molar-refractivity contribution is 5.98. The normalized spacial score (nSPS) is 10.7. The summed E-state index contributed by atoms with van der Waals surface area (Å²) in [6.45, 7) is 1.81. The number of ether oxygens (including phenoxy) is 2. The lowest BCUT2D eigenvalue weighted by atomic mass is 10.1. The molecule has 0 aromatic heterocycles. The molecule has 0 aliphatic rings. The number of methoxy groups -OCH3 is 1. The number of nitrogens with zero attached hydrogens (tertiary/aromatic N) is 2. The van der Waals surface area contributed by atoms with Gasteiger partial charge >= 0.3 is 5.97 Å². The molecule has 0 bridgehead atoms. The number of nitriles is 1. The molecule has 0 atom stereocenters. The number of esters is 1. The van der Waals surface area contributed by atoms with Crippen LogP contribution in [0.15, 0.2) is 54.1 Å². The molecule has 6 heteroatoms. The van der Waals surface area contributed by atoms with Crippen molar-refractivity contribution in [1.29, 1.82) is 5.26 Å². The maximum absolute atomic E-state index is 12.3. The highest BCUT2D eigenvalue weighted by Gasteiger charge is 2.16. The minimum Gasteiger partial charge on any atom is -0.496 e. The molecule has 0 radical (unpaired) electrons. The molecule has 2 rings (SSSR count). The smallest absolute Gasteiger partial charge is 0.349 e. The lowest BCUT2D eigenvalue weighted by Crippen LogP contribution is -2.31. The van der Waals surface area contributed by atoms with Gasteiger partial charge in [0.2, 0.25) is 0 Å². The first-order chi connectivity index (χ1) is 13.4. The van der Waals surface area contributed by atoms with Crippen molar-refractivity contribution >= 4 is 18.0 Å². The van der Waals surface area contributed by atoms with Crippen LogP contribution in [0, 0.1) is 18.3 Å². The fraction of sp³-hybridized carbons (Fsp3) is 0.227. The van der Waals surface area contributed by atoms with Gasteiger partial charge in [0.05, 0.1) is 7.11 Å². The van der Waals surface area contributed by atoms with Crippen LogP contribution < -0.4 is 4.74 Å². The van der Waals surface area contributed by atoms with E-state index in [0.717, 1.165) is 11.1 Å². The van der Waals surface area contributed by atoms with Crippen molar-refractivity contribution in [2.24, 2.45) is 0 Å². The average molecular weight is 378 g/mol. The summed E-state index contributed by atoms with van der Waals surface area (Å²) < 4.78 is 10.3. The highest BCUT2D eigenvalue weighted by Crippen LogP contribution is 2.18. The molecule has 2 aromatic rings. The predicted octanol–water partition coefficient (Wildman–Crippen LogP) is 3.11. The van der Waals surface area contributed by atoms with Gasteiger partial charge < -0.3 is 14.4 Å². The standard InChI is InChI=1S/C22H22N2O4/c1-16-8-10-17(11-9-16)12-19(13-23)22(26)28-15-21(25)24(2)14-18-6-4-5-7-20(18)27-3/h4-12H,14-15H2,1-3H3/b19-12+. The zero-order valence-electron chi connectivity index (χ0n) is 16.1. The third kappa shape index (κ3) is 5.71. The summed E-state index contributed by atoms with van der Waals surface area (Å²) in [7, 11) is 3.17. The molecule has 0 saturated carbocycles. The van der Waals surface area contributed by atoms with E-state index in [2.05, 4.69) is 0 Å². The zero-order valence-corrected chi connectivity index (χ0v) is 16.1. The van der Waals surface area contributed by atoms with Gasteiger partial charge in [-0.15, -0.1) is 0 Å². The maximum atomic E-state index is 12.3. The molecule has 6 nitrogen and oxygen atoms in total. The summed E-state index contributed by atoms with van der Waals surface area (Å²) in [4.78, 5) is 25.8. The SMILES string of the molecule is COc1ccccc1CN(C)C(=O)COC(=O)/C(C#N)=C/c1ccc(C)cc1. The molecule has 0 aliphatic carbocycles. The number of amides is 1. The lowest BCUT2D eigenvalue weighted by molar-refractivity contribution is -0.148. The van der Waals surface area contributed by atoms with Crippen LogP contribution in [0.4, 0.5) is 0 Å². The van der Waals surface area contributed by atoms with Crippen molar-refractivity contribution < 1.29 is 19.1 Å². The number of likely N-dealkylation sites (N-methyl/N-ethyl adjacent to an activating group) is 1. The summed E-state index contributed by atoms with van der Waals surface area (Å²) in [5, 5.41) is 9.21. The van der Waals surface area contributed by atoms with E-state index in [0.29, 0.717) is 17.9 Å². The van der Waals surface area contributed by atoms with Crippen LogP contribution >= 0.6 is 0 Å². The fourth-order valence-corrected chi connectivity index (χ4v) is 2.46. The number of para-hydroxylation sites is 1. The van der Waals surface area contributed by atoms with Gasteiger partial charge in [0, 0.05) is 19.2 Å². The first-order valence-electron chi connectivity index (χ1n) is 8.66. The van der Waals surface area contributed by atoms with E-state index in [1.807, 2.05) is 49.4 Å². The van der Waals surface area contributed by atoms with Gasteiger partial charge in [-0.3, -0.25) is 4.79 Å². The average Bonchev–Trinajstić information content (AvgIpc) is 2.71. The summed E-state index contributed by atoms with van der Waals surface area (Å²) in [6, 6.07) is 16.5. The minimum absolute atomic E-state index is 0.163. The van der Waals surface area contributed by atoms with Crippen molar-refractivity contribution in [1.82, 2.24) is 4.90 Å². The fourth-order valence-electron chi connectivity index (χ4n) is 2.46. The largest absolute Gasteiger partial charge is 0.496 e. The number of aryl methyl sites for hydroxylation is 1. The second-order valence-corrected chi connectivity index (χ2v) is 6.22. The molecule has 0 fully saturated rings. The van der Waals surface area contributed by atoms with E-state index in [1.165, 1.54) is 11.0 Å². The van der Waals surface area contributed by atoms with Gasteiger partial charge in [-0.25, -0.2) is 4.79 Å². The number of benzene rings is 2. The Hall–Kier alpha value is -3.59. The summed E-state index contributed by atoms with van der Waals surface area (Å²) in [6.07, 6.45) is 1.44. The van der Waals surface area contributed by atoms with Crippen LogP contribution in [-0.2, 0) is 20.9 Å². The van der Waals surface area contributed by atoms with Gasteiger partial charge in [0.25, 0.3) is 5.91 Å². The number of hydrogen-bond donors (Lipinski definition) is 0. The summed E-state index contributed by atoms with van der Waals surface area (Å²) >= 11 is 0. The molecule has 0 unspecified atom stereocenters. The molecule has 28 heavy (non-hydrogen) atoms. The van der Waals surface area contributed by atoms with Crippen LogP contribution in [0.5, 0.6) is 5.75 Å². The third-order valence-electron chi connectivity index (χ3n) is 4.08.